The van der Waals surface area contributed by atoms with Gasteiger partial charge in [0.05, 0.1) is 17.6 Å². The molecule has 0 saturated carbocycles. The third-order valence-electron chi connectivity index (χ3n) is 3.06. The molecule has 3 aromatic rings. The van der Waals surface area contributed by atoms with Gasteiger partial charge in [0, 0.05) is 5.56 Å². The molecule has 0 unspecified atom stereocenters. The predicted molar refractivity (Wildman–Crippen MR) is 78.1 cm³/mol. The first kappa shape index (κ1) is 12.4. The summed E-state index contributed by atoms with van der Waals surface area (Å²) < 4.78 is 14.6. The smallest absolute Gasteiger partial charge is 0.186 e. The molecule has 0 saturated heterocycles. The van der Waals surface area contributed by atoms with Gasteiger partial charge in [0.25, 0.3) is 0 Å². The fourth-order valence-electron chi connectivity index (χ4n) is 2.13. The summed E-state index contributed by atoms with van der Waals surface area (Å²) >= 11 is 0. The van der Waals surface area contributed by atoms with Gasteiger partial charge >= 0.3 is 0 Å². The van der Waals surface area contributed by atoms with Crippen LogP contribution in [-0.2, 0) is 6.54 Å². The highest BCUT2D eigenvalue weighted by atomic mass is 19.1. The van der Waals surface area contributed by atoms with Crippen LogP contribution in [-0.4, -0.2) is 16.2 Å². The summed E-state index contributed by atoms with van der Waals surface area (Å²) in [7, 11) is 0. The van der Waals surface area contributed by atoms with Crippen LogP contribution in [0, 0.1) is 11.8 Å². The number of hydrogen-bond donors (Lipinski definition) is 0. The van der Waals surface area contributed by atoms with E-state index in [4.69, 9.17) is 0 Å². The Kier molecular flexibility index (Phi) is 3.47. The van der Waals surface area contributed by atoms with Crippen LogP contribution in [0.15, 0.2) is 54.6 Å². The molecule has 0 aliphatic rings. The zero-order valence-corrected chi connectivity index (χ0v) is 10.9. The molecule has 0 radical (unpaired) electrons. The lowest BCUT2D eigenvalue weighted by Crippen LogP contribution is -2.02. The summed E-state index contributed by atoms with van der Waals surface area (Å²) in [5.41, 5.74) is 2.69. The zero-order chi connectivity index (χ0) is 13.8. The fourth-order valence-corrected chi connectivity index (χ4v) is 2.13. The first-order valence-electron chi connectivity index (χ1n) is 6.47. The lowest BCUT2D eigenvalue weighted by Gasteiger charge is -2.01. The van der Waals surface area contributed by atoms with Crippen LogP contribution in [0.5, 0.6) is 0 Å². The Bertz CT molecular complexity index is 779. The number of aromatic nitrogens is 2. The van der Waals surface area contributed by atoms with Crippen molar-refractivity contribution in [2.75, 3.05) is 6.67 Å². The maximum atomic E-state index is 12.7. The molecule has 20 heavy (non-hydrogen) atoms. The number of alkyl halides is 1. The number of rotatable bonds is 2. The summed E-state index contributed by atoms with van der Waals surface area (Å²) in [5, 5.41) is 0. The topological polar surface area (TPSA) is 17.8 Å². The fraction of sp³-hybridized carbons (Fsp3) is 0.118. The second kappa shape index (κ2) is 5.58. The van der Waals surface area contributed by atoms with Gasteiger partial charge in [-0.05, 0) is 30.2 Å². The van der Waals surface area contributed by atoms with Crippen molar-refractivity contribution in [1.29, 1.82) is 0 Å². The maximum Gasteiger partial charge on any atom is 0.186 e. The van der Waals surface area contributed by atoms with Gasteiger partial charge in [-0.1, -0.05) is 36.3 Å². The molecule has 0 bridgehead atoms. The van der Waals surface area contributed by atoms with Crippen molar-refractivity contribution in [1.82, 2.24) is 9.55 Å². The molecule has 0 amide bonds. The lowest BCUT2D eigenvalue weighted by atomic mass is 10.2. The summed E-state index contributed by atoms with van der Waals surface area (Å²) in [6.07, 6.45) is 0. The minimum Gasteiger partial charge on any atom is -0.315 e. The van der Waals surface area contributed by atoms with Gasteiger partial charge in [0.15, 0.2) is 5.82 Å². The van der Waals surface area contributed by atoms with Crippen molar-refractivity contribution in [2.24, 2.45) is 0 Å². The van der Waals surface area contributed by atoms with Gasteiger partial charge in [0.1, 0.15) is 6.67 Å². The molecule has 2 aromatic carbocycles. The Hall–Kier alpha value is -2.60. The van der Waals surface area contributed by atoms with E-state index in [2.05, 4.69) is 16.8 Å². The Morgan fingerprint density at radius 2 is 1.70 bits per heavy atom. The summed E-state index contributed by atoms with van der Waals surface area (Å²) in [4.78, 5) is 4.47. The molecule has 1 aromatic heterocycles. The molecule has 0 N–H and O–H groups in total. The normalized spacial score (nSPS) is 10.2. The minimum atomic E-state index is -0.430. The maximum absolute atomic E-state index is 12.7. The SMILES string of the molecule is FCCn1c(C#Cc2ccccc2)nc2ccccc21. The largest absolute Gasteiger partial charge is 0.315 e. The van der Waals surface area contributed by atoms with Crippen molar-refractivity contribution >= 4 is 11.0 Å². The average molecular weight is 264 g/mol. The molecule has 0 aliphatic heterocycles. The first-order valence-corrected chi connectivity index (χ1v) is 6.47. The Balaban J connectivity index is 2.07. The Morgan fingerprint density at radius 1 is 0.950 bits per heavy atom. The molecule has 2 nitrogen and oxygen atoms in total. The highest BCUT2D eigenvalue weighted by Crippen LogP contribution is 2.15. The number of nitrogens with zero attached hydrogens (tertiary/aromatic N) is 2. The molecular weight excluding hydrogens is 251 g/mol. The average Bonchev–Trinajstić information content (AvgIpc) is 2.85. The number of imidazole rings is 1. The van der Waals surface area contributed by atoms with Crippen LogP contribution in [0.3, 0.4) is 0 Å². The monoisotopic (exact) mass is 264 g/mol. The first-order chi connectivity index (χ1) is 9.88. The standard InChI is InChI=1S/C17H13FN2/c18-12-13-20-16-9-5-4-8-15(16)19-17(20)11-10-14-6-2-1-3-7-14/h1-9H,12-13H2. The second-order valence-corrected chi connectivity index (χ2v) is 4.38. The van der Waals surface area contributed by atoms with E-state index in [0.29, 0.717) is 5.82 Å². The van der Waals surface area contributed by atoms with Crippen LogP contribution >= 0.6 is 0 Å². The summed E-state index contributed by atoms with van der Waals surface area (Å²) in [6, 6.07) is 17.4. The van der Waals surface area contributed by atoms with E-state index in [0.717, 1.165) is 16.6 Å². The van der Waals surface area contributed by atoms with Crippen molar-refractivity contribution < 1.29 is 4.39 Å². The van der Waals surface area contributed by atoms with Crippen LogP contribution < -0.4 is 0 Å². The molecule has 0 atom stereocenters. The third kappa shape index (κ3) is 2.41. The van der Waals surface area contributed by atoms with E-state index in [9.17, 15) is 4.39 Å². The highest BCUT2D eigenvalue weighted by molar-refractivity contribution is 5.76. The van der Waals surface area contributed by atoms with Crippen molar-refractivity contribution in [2.45, 2.75) is 6.54 Å². The van der Waals surface area contributed by atoms with Gasteiger partial charge in [-0.3, -0.25) is 0 Å². The van der Waals surface area contributed by atoms with Gasteiger partial charge < -0.3 is 4.57 Å². The number of hydrogen-bond acceptors (Lipinski definition) is 1. The van der Waals surface area contributed by atoms with Crippen molar-refractivity contribution in [3.8, 4) is 11.8 Å². The molecule has 1 heterocycles. The molecule has 3 rings (SSSR count). The van der Waals surface area contributed by atoms with E-state index in [1.165, 1.54) is 0 Å². The Labute approximate surface area is 116 Å². The third-order valence-corrected chi connectivity index (χ3v) is 3.06. The van der Waals surface area contributed by atoms with Crippen LogP contribution in [0.25, 0.3) is 11.0 Å². The molecule has 0 fully saturated rings. The molecule has 3 heteroatoms. The highest BCUT2D eigenvalue weighted by Gasteiger charge is 2.07. The van der Waals surface area contributed by atoms with Crippen LogP contribution in [0.2, 0.25) is 0 Å². The van der Waals surface area contributed by atoms with Gasteiger partial charge in [-0.15, -0.1) is 0 Å². The minimum absolute atomic E-state index is 0.277. The van der Waals surface area contributed by atoms with Gasteiger partial charge in [-0.2, -0.15) is 0 Å². The van der Waals surface area contributed by atoms with E-state index < -0.39 is 6.67 Å². The van der Waals surface area contributed by atoms with E-state index >= 15 is 0 Å². The molecule has 0 spiro atoms. The molecule has 98 valence electrons. The Morgan fingerprint density at radius 3 is 2.50 bits per heavy atom. The number of aryl methyl sites for hydroxylation is 1. The summed E-state index contributed by atoms with van der Waals surface area (Å²) in [6.45, 7) is -0.153. The van der Waals surface area contributed by atoms with E-state index in [1.807, 2.05) is 59.2 Å². The molecular formula is C17H13FN2. The number of para-hydroxylation sites is 2. The number of benzene rings is 2. The zero-order valence-electron chi connectivity index (χ0n) is 10.9. The van der Waals surface area contributed by atoms with Crippen LogP contribution in [0.1, 0.15) is 11.4 Å². The lowest BCUT2D eigenvalue weighted by molar-refractivity contribution is 0.448. The quantitative estimate of drug-likeness (QED) is 0.649. The van der Waals surface area contributed by atoms with Crippen molar-refractivity contribution in [3.63, 3.8) is 0 Å². The number of halogens is 1. The number of fused-ring (bicyclic) bond motifs is 1. The van der Waals surface area contributed by atoms with E-state index in [-0.39, 0.29) is 6.54 Å². The van der Waals surface area contributed by atoms with Gasteiger partial charge in [-0.25, -0.2) is 9.37 Å². The van der Waals surface area contributed by atoms with E-state index in [1.54, 1.807) is 0 Å². The van der Waals surface area contributed by atoms with Gasteiger partial charge in [0.2, 0.25) is 0 Å². The van der Waals surface area contributed by atoms with Crippen LogP contribution in [0.4, 0.5) is 4.39 Å². The van der Waals surface area contributed by atoms with Crippen molar-refractivity contribution in [3.05, 3.63) is 66.0 Å². The summed E-state index contributed by atoms with van der Waals surface area (Å²) in [5.74, 6) is 6.71. The predicted octanol–water partition coefficient (Wildman–Crippen LogP) is 3.41. The molecule has 0 aliphatic carbocycles. The second-order valence-electron chi connectivity index (χ2n) is 4.38.